The lowest BCUT2D eigenvalue weighted by Crippen LogP contribution is -2.05. The summed E-state index contributed by atoms with van der Waals surface area (Å²) in [7, 11) is 0. The van der Waals surface area contributed by atoms with E-state index in [-0.39, 0.29) is 11.7 Å². The second kappa shape index (κ2) is 3.76. The quantitative estimate of drug-likeness (QED) is 0.873. The number of hydrogen-bond donors (Lipinski definition) is 1. The minimum Gasteiger partial charge on any atom is -0.488 e. The van der Waals surface area contributed by atoms with E-state index in [0.717, 1.165) is 16.4 Å². The van der Waals surface area contributed by atoms with E-state index in [1.165, 1.54) is 0 Å². The maximum atomic E-state index is 10.9. The Labute approximate surface area is 95.2 Å². The molecule has 0 unspecified atom stereocenters. The first-order valence-electron chi connectivity index (χ1n) is 4.37. The molecule has 2 rings (SSSR count). The van der Waals surface area contributed by atoms with Crippen molar-refractivity contribution in [3.8, 4) is 5.75 Å². The molecular weight excluding hydrogens is 295 g/mol. The monoisotopic (exact) mass is 304 g/mol. The predicted octanol–water partition coefficient (Wildman–Crippen LogP) is 2.53. The minimum absolute atomic E-state index is 0.226. The molecule has 0 saturated heterocycles. The van der Waals surface area contributed by atoms with E-state index in [0.29, 0.717) is 5.75 Å². The first-order valence-corrected chi connectivity index (χ1v) is 5.45. The molecule has 1 aromatic rings. The van der Waals surface area contributed by atoms with Crippen LogP contribution in [0.15, 0.2) is 18.2 Å². The Kier molecular flexibility index (Phi) is 2.62. The van der Waals surface area contributed by atoms with Gasteiger partial charge < -0.3 is 9.84 Å². The molecule has 0 aromatic heterocycles. The molecule has 14 heavy (non-hydrogen) atoms. The van der Waals surface area contributed by atoms with E-state index in [1.54, 1.807) is 12.1 Å². The van der Waals surface area contributed by atoms with Crippen LogP contribution in [0, 0.1) is 3.57 Å². The summed E-state index contributed by atoms with van der Waals surface area (Å²) >= 11 is 2.09. The Morgan fingerprint density at radius 1 is 1.50 bits per heavy atom. The summed E-state index contributed by atoms with van der Waals surface area (Å²) in [4.78, 5) is 10.9. The van der Waals surface area contributed by atoms with Gasteiger partial charge in [0, 0.05) is 0 Å². The highest BCUT2D eigenvalue weighted by Gasteiger charge is 2.26. The van der Waals surface area contributed by atoms with Gasteiger partial charge in [-0.25, -0.2) is 4.79 Å². The average Bonchev–Trinajstić information content (AvgIpc) is 2.91. The van der Waals surface area contributed by atoms with Crippen molar-refractivity contribution in [3.05, 3.63) is 27.3 Å². The Morgan fingerprint density at radius 2 is 2.21 bits per heavy atom. The molecule has 0 spiro atoms. The van der Waals surface area contributed by atoms with Crippen molar-refractivity contribution >= 4 is 28.6 Å². The number of hydrogen-bond acceptors (Lipinski definition) is 2. The van der Waals surface area contributed by atoms with Crippen LogP contribution in [-0.4, -0.2) is 17.2 Å². The van der Waals surface area contributed by atoms with Crippen LogP contribution in [0.4, 0.5) is 0 Å². The lowest BCUT2D eigenvalue weighted by Gasteiger charge is -2.09. The first-order chi connectivity index (χ1) is 6.68. The molecule has 0 amide bonds. The Morgan fingerprint density at radius 3 is 2.79 bits per heavy atom. The second-order valence-corrected chi connectivity index (χ2v) is 4.40. The molecule has 4 heteroatoms. The number of carboxylic acids is 1. The van der Waals surface area contributed by atoms with Gasteiger partial charge in [-0.15, -0.1) is 0 Å². The van der Waals surface area contributed by atoms with Crippen LogP contribution in [0.2, 0.25) is 0 Å². The highest BCUT2D eigenvalue weighted by molar-refractivity contribution is 14.1. The number of para-hydroxylation sites is 1. The summed E-state index contributed by atoms with van der Waals surface area (Å²) in [6.07, 6.45) is 2.29. The van der Waals surface area contributed by atoms with E-state index >= 15 is 0 Å². The predicted molar refractivity (Wildman–Crippen MR) is 59.8 cm³/mol. The van der Waals surface area contributed by atoms with E-state index < -0.39 is 5.97 Å². The molecule has 0 radical (unpaired) electrons. The van der Waals surface area contributed by atoms with Crippen LogP contribution in [0.1, 0.15) is 23.2 Å². The Hall–Kier alpha value is -0.780. The molecule has 1 aliphatic carbocycles. The van der Waals surface area contributed by atoms with Crippen LogP contribution in [0.5, 0.6) is 5.75 Å². The standard InChI is InChI=1S/C10H9IO3/c11-8-3-1-2-7(10(12)13)9(8)14-6-4-5-6/h1-3,6H,4-5H2,(H,12,13). The topological polar surface area (TPSA) is 46.5 Å². The molecule has 1 N–H and O–H groups in total. The van der Waals surface area contributed by atoms with Gasteiger partial charge in [0.05, 0.1) is 9.67 Å². The summed E-state index contributed by atoms with van der Waals surface area (Å²) in [5, 5.41) is 8.94. The lowest BCUT2D eigenvalue weighted by molar-refractivity contribution is 0.0691. The van der Waals surface area contributed by atoms with E-state index in [2.05, 4.69) is 22.6 Å². The lowest BCUT2D eigenvalue weighted by atomic mass is 10.2. The summed E-state index contributed by atoms with van der Waals surface area (Å²) in [5.74, 6) is -0.415. The molecule has 0 heterocycles. The zero-order valence-corrected chi connectivity index (χ0v) is 9.52. The Balaban J connectivity index is 2.36. The van der Waals surface area contributed by atoms with Crippen molar-refractivity contribution < 1.29 is 14.6 Å². The normalized spacial score (nSPS) is 15.2. The van der Waals surface area contributed by atoms with Crippen LogP contribution >= 0.6 is 22.6 Å². The second-order valence-electron chi connectivity index (χ2n) is 3.24. The third-order valence-electron chi connectivity index (χ3n) is 2.01. The van der Waals surface area contributed by atoms with Crippen molar-refractivity contribution in [1.82, 2.24) is 0 Å². The van der Waals surface area contributed by atoms with E-state index in [1.807, 2.05) is 6.07 Å². The third kappa shape index (κ3) is 2.00. The number of ether oxygens (including phenoxy) is 1. The zero-order valence-electron chi connectivity index (χ0n) is 7.37. The first kappa shape index (κ1) is 9.76. The molecule has 74 valence electrons. The van der Waals surface area contributed by atoms with E-state index in [9.17, 15) is 4.79 Å². The van der Waals surface area contributed by atoms with Gasteiger partial charge in [-0.05, 0) is 47.6 Å². The number of benzene rings is 1. The highest BCUT2D eigenvalue weighted by Crippen LogP contribution is 2.32. The molecule has 0 atom stereocenters. The van der Waals surface area contributed by atoms with Crippen LogP contribution in [0.3, 0.4) is 0 Å². The van der Waals surface area contributed by atoms with Gasteiger partial charge in [0.15, 0.2) is 0 Å². The fourth-order valence-corrected chi connectivity index (χ4v) is 1.77. The smallest absolute Gasteiger partial charge is 0.339 e. The Bertz CT molecular complexity index is 372. The molecule has 1 aliphatic rings. The number of carbonyl (C=O) groups is 1. The molecule has 1 fully saturated rings. The highest BCUT2D eigenvalue weighted by atomic mass is 127. The van der Waals surface area contributed by atoms with Crippen LogP contribution < -0.4 is 4.74 Å². The minimum atomic E-state index is -0.931. The SMILES string of the molecule is O=C(O)c1cccc(I)c1OC1CC1. The summed E-state index contributed by atoms with van der Waals surface area (Å²) in [6.45, 7) is 0. The number of rotatable bonds is 3. The van der Waals surface area contributed by atoms with Crippen LogP contribution in [0.25, 0.3) is 0 Å². The maximum absolute atomic E-state index is 10.9. The van der Waals surface area contributed by atoms with Crippen molar-refractivity contribution in [2.24, 2.45) is 0 Å². The van der Waals surface area contributed by atoms with Gasteiger partial charge in [0.2, 0.25) is 0 Å². The van der Waals surface area contributed by atoms with Crippen LogP contribution in [-0.2, 0) is 0 Å². The van der Waals surface area contributed by atoms with Gasteiger partial charge in [-0.2, -0.15) is 0 Å². The molecule has 0 bridgehead atoms. The largest absolute Gasteiger partial charge is 0.488 e. The van der Waals surface area contributed by atoms with Crippen molar-refractivity contribution in [3.63, 3.8) is 0 Å². The van der Waals surface area contributed by atoms with Gasteiger partial charge in [0.1, 0.15) is 11.3 Å². The summed E-state index contributed by atoms with van der Waals surface area (Å²) in [6, 6.07) is 5.15. The maximum Gasteiger partial charge on any atom is 0.339 e. The van der Waals surface area contributed by atoms with Crippen molar-refractivity contribution in [2.45, 2.75) is 18.9 Å². The van der Waals surface area contributed by atoms with Gasteiger partial charge >= 0.3 is 5.97 Å². The van der Waals surface area contributed by atoms with E-state index in [4.69, 9.17) is 9.84 Å². The van der Waals surface area contributed by atoms with Gasteiger partial charge in [-0.3, -0.25) is 0 Å². The summed E-state index contributed by atoms with van der Waals surface area (Å²) in [5.41, 5.74) is 0.254. The average molecular weight is 304 g/mol. The number of aromatic carboxylic acids is 1. The zero-order chi connectivity index (χ0) is 10.1. The van der Waals surface area contributed by atoms with Gasteiger partial charge in [0.25, 0.3) is 0 Å². The number of halogens is 1. The fourth-order valence-electron chi connectivity index (χ4n) is 1.15. The third-order valence-corrected chi connectivity index (χ3v) is 2.86. The fraction of sp³-hybridized carbons (Fsp3) is 0.300. The summed E-state index contributed by atoms with van der Waals surface area (Å²) < 4.78 is 6.42. The molecule has 1 saturated carbocycles. The number of carboxylic acid groups (broad SMARTS) is 1. The van der Waals surface area contributed by atoms with Crippen molar-refractivity contribution in [2.75, 3.05) is 0 Å². The van der Waals surface area contributed by atoms with Gasteiger partial charge in [-0.1, -0.05) is 6.07 Å². The van der Waals surface area contributed by atoms with Crippen molar-refractivity contribution in [1.29, 1.82) is 0 Å². The molecule has 3 nitrogen and oxygen atoms in total. The molecular formula is C10H9IO3. The molecule has 0 aliphatic heterocycles. The molecule has 1 aromatic carbocycles.